The third-order valence-electron chi connectivity index (χ3n) is 2.26. The zero-order chi connectivity index (χ0) is 14.5. The largest absolute Gasteiger partial charge is 0.463 e. The van der Waals surface area contributed by atoms with Gasteiger partial charge in [-0.25, -0.2) is 4.79 Å². The predicted molar refractivity (Wildman–Crippen MR) is 66.8 cm³/mol. The van der Waals surface area contributed by atoms with Gasteiger partial charge in [0, 0.05) is 0 Å². The molecular weight excluding hydrogens is 281 g/mol. The standard InChI is InChI=1S/C13H12ClF3O2/c1-2-19-12(18)10(8-14)7-9-3-5-11(6-4-9)13(15,16)17/h3-7H,2,8H2,1H3/b10-7+. The Morgan fingerprint density at radius 1 is 1.32 bits per heavy atom. The fourth-order valence-corrected chi connectivity index (χ4v) is 1.53. The Labute approximate surface area is 113 Å². The first kappa shape index (κ1) is 15.6. The van der Waals surface area contributed by atoms with E-state index in [1.165, 1.54) is 18.2 Å². The van der Waals surface area contributed by atoms with Crippen LogP contribution in [0.1, 0.15) is 18.1 Å². The second-order valence-corrected chi connectivity index (χ2v) is 3.91. The Morgan fingerprint density at radius 3 is 2.32 bits per heavy atom. The van der Waals surface area contributed by atoms with Crippen molar-refractivity contribution in [2.45, 2.75) is 13.1 Å². The van der Waals surface area contributed by atoms with E-state index in [0.717, 1.165) is 12.1 Å². The lowest BCUT2D eigenvalue weighted by atomic mass is 10.1. The Kier molecular flexibility index (Phi) is 5.42. The summed E-state index contributed by atoms with van der Waals surface area (Å²) < 4.78 is 41.9. The molecule has 0 aliphatic carbocycles. The number of rotatable bonds is 4. The van der Waals surface area contributed by atoms with Crippen molar-refractivity contribution in [3.63, 3.8) is 0 Å². The molecule has 0 aliphatic rings. The van der Waals surface area contributed by atoms with E-state index in [2.05, 4.69) is 0 Å². The number of hydrogen-bond acceptors (Lipinski definition) is 2. The number of alkyl halides is 4. The molecule has 104 valence electrons. The summed E-state index contributed by atoms with van der Waals surface area (Å²) in [7, 11) is 0. The van der Waals surface area contributed by atoms with Gasteiger partial charge < -0.3 is 4.74 Å². The van der Waals surface area contributed by atoms with Crippen LogP contribution >= 0.6 is 11.6 Å². The van der Waals surface area contributed by atoms with Crippen LogP contribution in [0.5, 0.6) is 0 Å². The molecule has 0 aliphatic heterocycles. The van der Waals surface area contributed by atoms with Gasteiger partial charge in [-0.05, 0) is 30.7 Å². The van der Waals surface area contributed by atoms with E-state index >= 15 is 0 Å². The second-order valence-electron chi connectivity index (χ2n) is 3.64. The number of carbonyl (C=O) groups excluding carboxylic acids is 1. The number of halogens is 4. The number of benzene rings is 1. The van der Waals surface area contributed by atoms with Crippen LogP contribution in [0, 0.1) is 0 Å². The summed E-state index contributed by atoms with van der Waals surface area (Å²) in [5.74, 6) is -0.641. The van der Waals surface area contributed by atoms with E-state index in [1.54, 1.807) is 6.92 Å². The summed E-state index contributed by atoms with van der Waals surface area (Å²) in [5.41, 5.74) is -0.0896. The summed E-state index contributed by atoms with van der Waals surface area (Å²) in [6.45, 7) is 1.86. The van der Waals surface area contributed by atoms with E-state index < -0.39 is 17.7 Å². The van der Waals surface area contributed by atoms with Gasteiger partial charge in [0.1, 0.15) is 0 Å². The molecule has 0 aromatic heterocycles. The lowest BCUT2D eigenvalue weighted by Gasteiger charge is -2.07. The van der Waals surface area contributed by atoms with E-state index in [1.807, 2.05) is 0 Å². The zero-order valence-corrected chi connectivity index (χ0v) is 10.9. The number of carbonyl (C=O) groups is 1. The van der Waals surface area contributed by atoms with Crippen molar-refractivity contribution in [2.24, 2.45) is 0 Å². The SMILES string of the molecule is CCOC(=O)/C(=C/c1ccc(C(F)(F)F)cc1)CCl. The van der Waals surface area contributed by atoms with Crippen molar-refractivity contribution >= 4 is 23.6 Å². The molecule has 0 radical (unpaired) electrons. The monoisotopic (exact) mass is 292 g/mol. The summed E-state index contributed by atoms with van der Waals surface area (Å²) in [4.78, 5) is 11.4. The average Bonchev–Trinajstić information content (AvgIpc) is 2.35. The van der Waals surface area contributed by atoms with Gasteiger partial charge in [0.2, 0.25) is 0 Å². The summed E-state index contributed by atoms with van der Waals surface area (Å²) in [5, 5.41) is 0. The van der Waals surface area contributed by atoms with Crippen molar-refractivity contribution in [1.82, 2.24) is 0 Å². The molecule has 0 N–H and O–H groups in total. The molecule has 0 spiro atoms. The maximum Gasteiger partial charge on any atom is 0.416 e. The van der Waals surface area contributed by atoms with E-state index in [9.17, 15) is 18.0 Å². The Bertz CT molecular complexity index is 464. The van der Waals surface area contributed by atoms with Crippen molar-refractivity contribution in [2.75, 3.05) is 12.5 Å². The molecule has 2 nitrogen and oxygen atoms in total. The normalized spacial score (nSPS) is 12.4. The summed E-state index contributed by atoms with van der Waals surface area (Å²) in [6.07, 6.45) is -2.97. The molecule has 0 saturated carbocycles. The van der Waals surface area contributed by atoms with Crippen LogP contribution in [0.3, 0.4) is 0 Å². The lowest BCUT2D eigenvalue weighted by molar-refractivity contribution is -0.138. The van der Waals surface area contributed by atoms with Crippen molar-refractivity contribution < 1.29 is 22.7 Å². The fourth-order valence-electron chi connectivity index (χ4n) is 1.35. The van der Waals surface area contributed by atoms with Crippen molar-refractivity contribution in [1.29, 1.82) is 0 Å². The zero-order valence-electron chi connectivity index (χ0n) is 10.1. The molecule has 1 aromatic carbocycles. The molecule has 0 atom stereocenters. The van der Waals surface area contributed by atoms with Gasteiger partial charge in [0.15, 0.2) is 0 Å². The van der Waals surface area contributed by atoms with Crippen LogP contribution in [-0.2, 0) is 15.7 Å². The van der Waals surface area contributed by atoms with Gasteiger partial charge in [-0.1, -0.05) is 12.1 Å². The van der Waals surface area contributed by atoms with Gasteiger partial charge in [-0.15, -0.1) is 11.6 Å². The smallest absolute Gasteiger partial charge is 0.416 e. The van der Waals surface area contributed by atoms with Gasteiger partial charge in [0.25, 0.3) is 0 Å². The van der Waals surface area contributed by atoms with Gasteiger partial charge >= 0.3 is 12.1 Å². The number of esters is 1. The molecule has 0 fully saturated rings. The van der Waals surface area contributed by atoms with Crippen LogP contribution in [-0.4, -0.2) is 18.5 Å². The quantitative estimate of drug-likeness (QED) is 0.478. The first-order valence-corrected chi connectivity index (χ1v) is 6.03. The molecule has 6 heteroatoms. The van der Waals surface area contributed by atoms with Gasteiger partial charge in [-0.3, -0.25) is 0 Å². The molecule has 19 heavy (non-hydrogen) atoms. The highest BCUT2D eigenvalue weighted by Crippen LogP contribution is 2.29. The Morgan fingerprint density at radius 2 is 1.89 bits per heavy atom. The Balaban J connectivity index is 2.94. The van der Waals surface area contributed by atoms with Crippen LogP contribution < -0.4 is 0 Å². The summed E-state index contributed by atoms with van der Waals surface area (Å²) in [6, 6.07) is 4.44. The van der Waals surface area contributed by atoms with Crippen LogP contribution in [0.15, 0.2) is 29.8 Å². The predicted octanol–water partition coefficient (Wildman–Crippen LogP) is 3.89. The van der Waals surface area contributed by atoms with E-state index in [0.29, 0.717) is 5.56 Å². The molecule has 0 unspecified atom stereocenters. The van der Waals surface area contributed by atoms with Crippen LogP contribution in [0.4, 0.5) is 13.2 Å². The Hall–Kier alpha value is -1.49. The number of ether oxygens (including phenoxy) is 1. The third-order valence-corrected chi connectivity index (χ3v) is 2.55. The molecule has 0 bridgehead atoms. The third kappa shape index (κ3) is 4.59. The topological polar surface area (TPSA) is 26.3 Å². The van der Waals surface area contributed by atoms with Gasteiger partial charge in [0.05, 0.1) is 23.6 Å². The van der Waals surface area contributed by atoms with Crippen molar-refractivity contribution in [3.05, 3.63) is 41.0 Å². The average molecular weight is 293 g/mol. The minimum atomic E-state index is -4.38. The molecule has 0 saturated heterocycles. The van der Waals surface area contributed by atoms with Gasteiger partial charge in [-0.2, -0.15) is 13.2 Å². The maximum absolute atomic E-state index is 12.4. The lowest BCUT2D eigenvalue weighted by Crippen LogP contribution is -2.08. The van der Waals surface area contributed by atoms with E-state index in [-0.39, 0.29) is 18.1 Å². The maximum atomic E-state index is 12.4. The highest BCUT2D eigenvalue weighted by molar-refractivity contribution is 6.23. The highest BCUT2D eigenvalue weighted by Gasteiger charge is 2.29. The summed E-state index contributed by atoms with van der Waals surface area (Å²) >= 11 is 5.60. The second kappa shape index (κ2) is 6.61. The molecule has 0 amide bonds. The first-order valence-electron chi connectivity index (χ1n) is 5.49. The van der Waals surface area contributed by atoms with E-state index in [4.69, 9.17) is 16.3 Å². The molecule has 0 heterocycles. The highest BCUT2D eigenvalue weighted by atomic mass is 35.5. The van der Waals surface area contributed by atoms with Crippen LogP contribution in [0.2, 0.25) is 0 Å². The minimum Gasteiger partial charge on any atom is -0.463 e. The van der Waals surface area contributed by atoms with Crippen molar-refractivity contribution in [3.8, 4) is 0 Å². The molecular formula is C13H12ClF3O2. The number of hydrogen-bond donors (Lipinski definition) is 0. The fraction of sp³-hybridized carbons (Fsp3) is 0.308. The molecule has 1 aromatic rings. The first-order chi connectivity index (χ1) is 8.88. The van der Waals surface area contributed by atoms with Crippen LogP contribution in [0.25, 0.3) is 6.08 Å². The minimum absolute atomic E-state index is 0.0696. The molecule has 1 rings (SSSR count).